The fourth-order valence-electron chi connectivity index (χ4n) is 2.06. The second-order valence-corrected chi connectivity index (χ2v) is 5.31. The summed E-state index contributed by atoms with van der Waals surface area (Å²) < 4.78 is 15.2. The van der Waals surface area contributed by atoms with Gasteiger partial charge in [0.2, 0.25) is 0 Å². The van der Waals surface area contributed by atoms with Crippen molar-refractivity contribution in [2.75, 3.05) is 37.4 Å². The monoisotopic (exact) mass is 255 g/mol. The molecule has 5 nitrogen and oxygen atoms in total. The molecule has 0 radical (unpaired) electrons. The third kappa shape index (κ3) is 2.53. The molecule has 3 rings (SSSR count). The fraction of sp³-hybridized carbons (Fsp3) is 0.727. The first-order valence-electron chi connectivity index (χ1n) is 6.03. The second-order valence-electron chi connectivity index (χ2n) is 4.53. The van der Waals surface area contributed by atoms with Crippen molar-refractivity contribution in [3.63, 3.8) is 0 Å². The van der Waals surface area contributed by atoms with Crippen LogP contribution in [0.25, 0.3) is 0 Å². The Bertz CT molecular complexity index is 386. The highest BCUT2D eigenvalue weighted by Gasteiger charge is 2.30. The van der Waals surface area contributed by atoms with Crippen molar-refractivity contribution in [1.29, 1.82) is 0 Å². The maximum Gasteiger partial charge on any atom is 0.142 e. The van der Waals surface area contributed by atoms with Gasteiger partial charge < -0.3 is 20.5 Å². The molecule has 0 amide bonds. The van der Waals surface area contributed by atoms with Crippen LogP contribution in [0.2, 0.25) is 0 Å². The average Bonchev–Trinajstić information content (AvgIpc) is 3.12. The van der Waals surface area contributed by atoms with Crippen LogP contribution in [0.5, 0.6) is 0 Å². The van der Waals surface area contributed by atoms with Crippen LogP contribution in [0.4, 0.5) is 10.8 Å². The number of ether oxygens (including phenoxy) is 2. The summed E-state index contributed by atoms with van der Waals surface area (Å²) in [5, 5.41) is 4.51. The van der Waals surface area contributed by atoms with E-state index in [1.165, 1.54) is 29.9 Å². The van der Waals surface area contributed by atoms with Crippen LogP contribution in [-0.2, 0) is 9.47 Å². The number of anilines is 2. The smallest absolute Gasteiger partial charge is 0.142 e. The summed E-state index contributed by atoms with van der Waals surface area (Å²) in [6.45, 7) is 2.82. The molecule has 1 aromatic heterocycles. The molecular formula is C11H17N3O2S. The Kier molecular flexibility index (Phi) is 3.17. The molecule has 2 aliphatic rings. The maximum absolute atomic E-state index is 5.89. The summed E-state index contributed by atoms with van der Waals surface area (Å²) in [5.41, 5.74) is 7.11. The van der Waals surface area contributed by atoms with E-state index in [1.54, 1.807) is 0 Å². The van der Waals surface area contributed by atoms with Crippen LogP contribution in [0, 0.1) is 0 Å². The van der Waals surface area contributed by atoms with E-state index in [1.807, 2.05) is 0 Å². The molecule has 2 heterocycles. The predicted molar refractivity (Wildman–Crippen MR) is 67.6 cm³/mol. The van der Waals surface area contributed by atoms with Crippen molar-refractivity contribution in [1.82, 2.24) is 4.37 Å². The largest absolute Gasteiger partial charge is 0.383 e. The number of nitrogen functional groups attached to an aromatic ring is 1. The fourth-order valence-corrected chi connectivity index (χ4v) is 2.87. The van der Waals surface area contributed by atoms with Crippen LogP contribution < -0.4 is 11.1 Å². The van der Waals surface area contributed by atoms with Crippen molar-refractivity contribution in [2.45, 2.75) is 24.9 Å². The molecule has 1 aliphatic heterocycles. The quantitative estimate of drug-likeness (QED) is 0.851. The molecule has 94 valence electrons. The number of hydrogen-bond donors (Lipinski definition) is 2. The number of nitrogens with one attached hydrogen (secondary N) is 1. The first kappa shape index (κ1) is 11.3. The molecule has 1 aromatic rings. The Labute approximate surface area is 104 Å². The molecule has 1 aliphatic carbocycles. The van der Waals surface area contributed by atoms with E-state index in [0.717, 1.165) is 11.5 Å². The molecule has 0 aromatic carbocycles. The highest BCUT2D eigenvalue weighted by molar-refractivity contribution is 7.10. The standard InChI is InChI=1S/C11H17N3O2S/c12-10-9(7-1-2-7)11(17-14-10)13-5-8-6-15-3-4-16-8/h7-8,13H,1-6H2,(H2,12,14). The molecule has 1 unspecified atom stereocenters. The summed E-state index contributed by atoms with van der Waals surface area (Å²) in [5.74, 6) is 1.32. The minimum atomic E-state index is 0.138. The molecule has 17 heavy (non-hydrogen) atoms. The molecule has 1 atom stereocenters. The molecular weight excluding hydrogens is 238 g/mol. The Morgan fingerprint density at radius 2 is 2.29 bits per heavy atom. The zero-order valence-electron chi connectivity index (χ0n) is 9.65. The summed E-state index contributed by atoms with van der Waals surface area (Å²) >= 11 is 1.45. The van der Waals surface area contributed by atoms with Crippen LogP contribution in [0.3, 0.4) is 0 Å². The molecule has 3 N–H and O–H groups in total. The van der Waals surface area contributed by atoms with E-state index in [0.29, 0.717) is 31.6 Å². The number of hydrogen-bond acceptors (Lipinski definition) is 6. The lowest BCUT2D eigenvalue weighted by atomic mass is 10.2. The van der Waals surface area contributed by atoms with Gasteiger partial charge in [-0.1, -0.05) is 0 Å². The zero-order chi connectivity index (χ0) is 11.7. The van der Waals surface area contributed by atoms with Gasteiger partial charge in [-0.3, -0.25) is 0 Å². The first-order valence-corrected chi connectivity index (χ1v) is 6.80. The zero-order valence-corrected chi connectivity index (χ0v) is 10.5. The Morgan fingerprint density at radius 3 is 3.00 bits per heavy atom. The van der Waals surface area contributed by atoms with Crippen LogP contribution >= 0.6 is 11.5 Å². The predicted octanol–water partition coefficient (Wildman–Crippen LogP) is 1.43. The molecule has 6 heteroatoms. The third-order valence-electron chi connectivity index (χ3n) is 3.12. The molecule has 2 fully saturated rings. The van der Waals surface area contributed by atoms with Crippen LogP contribution in [0.1, 0.15) is 24.3 Å². The van der Waals surface area contributed by atoms with Crippen LogP contribution in [0.15, 0.2) is 0 Å². The summed E-state index contributed by atoms with van der Waals surface area (Å²) in [4.78, 5) is 0. The van der Waals surface area contributed by atoms with Crippen molar-refractivity contribution in [3.05, 3.63) is 5.56 Å². The van der Waals surface area contributed by atoms with Crippen molar-refractivity contribution >= 4 is 22.4 Å². The van der Waals surface area contributed by atoms with Crippen molar-refractivity contribution in [2.24, 2.45) is 0 Å². The van der Waals surface area contributed by atoms with Gasteiger partial charge in [0.25, 0.3) is 0 Å². The van der Waals surface area contributed by atoms with Gasteiger partial charge >= 0.3 is 0 Å². The van der Waals surface area contributed by atoms with Crippen LogP contribution in [-0.4, -0.2) is 36.8 Å². The third-order valence-corrected chi connectivity index (χ3v) is 3.95. The Balaban J connectivity index is 1.60. The lowest BCUT2D eigenvalue weighted by molar-refractivity contribution is -0.0818. The Hall–Kier alpha value is -0.850. The Morgan fingerprint density at radius 1 is 1.41 bits per heavy atom. The topological polar surface area (TPSA) is 69.4 Å². The summed E-state index contributed by atoms with van der Waals surface area (Å²) in [7, 11) is 0. The minimum absolute atomic E-state index is 0.138. The van der Waals surface area contributed by atoms with Gasteiger partial charge in [-0.2, -0.15) is 4.37 Å². The van der Waals surface area contributed by atoms with E-state index in [-0.39, 0.29) is 6.10 Å². The lowest BCUT2D eigenvalue weighted by Gasteiger charge is -2.23. The second kappa shape index (κ2) is 4.80. The van der Waals surface area contributed by atoms with Gasteiger partial charge in [0, 0.05) is 12.1 Å². The SMILES string of the molecule is Nc1nsc(NCC2COCCO2)c1C1CC1. The highest BCUT2D eigenvalue weighted by Crippen LogP contribution is 2.47. The van der Waals surface area contributed by atoms with Crippen molar-refractivity contribution < 1.29 is 9.47 Å². The minimum Gasteiger partial charge on any atom is -0.383 e. The number of nitrogens with zero attached hydrogens (tertiary/aromatic N) is 1. The van der Waals surface area contributed by atoms with E-state index < -0.39 is 0 Å². The average molecular weight is 255 g/mol. The lowest BCUT2D eigenvalue weighted by Crippen LogP contribution is -2.34. The van der Waals surface area contributed by atoms with Gasteiger partial charge in [0.05, 0.1) is 25.9 Å². The highest BCUT2D eigenvalue weighted by atomic mass is 32.1. The van der Waals surface area contributed by atoms with E-state index in [9.17, 15) is 0 Å². The number of rotatable bonds is 4. The van der Waals surface area contributed by atoms with Gasteiger partial charge in [0.15, 0.2) is 0 Å². The van der Waals surface area contributed by atoms with Gasteiger partial charge in [-0.05, 0) is 30.3 Å². The van der Waals surface area contributed by atoms with E-state index >= 15 is 0 Å². The number of nitrogens with two attached hydrogens (primary N) is 1. The normalized spacial score (nSPS) is 24.8. The maximum atomic E-state index is 5.89. The first-order chi connectivity index (χ1) is 8.34. The van der Waals surface area contributed by atoms with Gasteiger partial charge in [-0.25, -0.2) is 0 Å². The van der Waals surface area contributed by atoms with Crippen molar-refractivity contribution in [3.8, 4) is 0 Å². The number of aromatic nitrogens is 1. The summed E-state index contributed by atoms with van der Waals surface area (Å²) in [6, 6.07) is 0. The molecule has 0 spiro atoms. The molecule has 0 bridgehead atoms. The summed E-state index contributed by atoms with van der Waals surface area (Å²) in [6.07, 6.45) is 2.61. The van der Waals surface area contributed by atoms with E-state index in [4.69, 9.17) is 15.2 Å². The molecule has 1 saturated carbocycles. The van der Waals surface area contributed by atoms with Gasteiger partial charge in [0.1, 0.15) is 10.8 Å². The van der Waals surface area contributed by atoms with E-state index in [2.05, 4.69) is 9.69 Å². The van der Waals surface area contributed by atoms with Gasteiger partial charge in [-0.15, -0.1) is 0 Å². The molecule has 1 saturated heterocycles.